The molecule has 168 valence electrons. The van der Waals surface area contributed by atoms with Crippen molar-refractivity contribution < 1.29 is 27.5 Å². The van der Waals surface area contributed by atoms with Gasteiger partial charge in [-0.05, 0) is 71.0 Å². The highest BCUT2D eigenvalue weighted by atomic mass is 35.5. The van der Waals surface area contributed by atoms with Crippen LogP contribution in [0.5, 0.6) is 5.75 Å². The number of rotatable bonds is 3. The van der Waals surface area contributed by atoms with E-state index in [2.05, 4.69) is 11.8 Å². The molecule has 0 radical (unpaired) electrons. The predicted molar refractivity (Wildman–Crippen MR) is 121 cm³/mol. The number of benzene rings is 2. The molecule has 2 aromatic rings. The summed E-state index contributed by atoms with van der Waals surface area (Å²) in [5.74, 6) is 5.16. The average Bonchev–Trinajstić information content (AvgIpc) is 2.81. The third kappa shape index (κ3) is 4.67. The van der Waals surface area contributed by atoms with Gasteiger partial charge < -0.3 is 9.47 Å². The topological polar surface area (TPSA) is 86.7 Å². The summed E-state index contributed by atoms with van der Waals surface area (Å²) in [6, 6.07) is 9.24. The molecule has 0 saturated carbocycles. The van der Waals surface area contributed by atoms with Gasteiger partial charge >= 0.3 is 5.97 Å². The molecule has 0 fully saturated rings. The Bertz CT molecular complexity index is 1270. The van der Waals surface area contributed by atoms with Gasteiger partial charge in [-0.15, -0.1) is 0 Å². The summed E-state index contributed by atoms with van der Waals surface area (Å²) in [4.78, 5) is 24.4. The number of carbonyl (C=O) groups excluding carboxylic acids is 2. The van der Waals surface area contributed by atoms with Gasteiger partial charge in [0.05, 0.1) is 10.5 Å². The fourth-order valence-corrected chi connectivity index (χ4v) is 4.91. The van der Waals surface area contributed by atoms with Crippen LogP contribution < -0.4 is 4.74 Å². The van der Waals surface area contributed by atoms with Crippen molar-refractivity contribution in [3.8, 4) is 17.6 Å². The molecule has 0 aromatic heterocycles. The van der Waals surface area contributed by atoms with Crippen LogP contribution in [0, 0.1) is 11.8 Å². The molecule has 32 heavy (non-hydrogen) atoms. The molecular formula is C24H23ClO6S. The maximum Gasteiger partial charge on any atom is 0.344 e. The van der Waals surface area contributed by atoms with Gasteiger partial charge in [0, 0.05) is 16.1 Å². The largest absolute Gasteiger partial charge is 0.481 e. The number of ether oxygens (including phenoxy) is 2. The van der Waals surface area contributed by atoms with E-state index in [1.54, 1.807) is 45.0 Å². The molecule has 0 bridgehead atoms. The zero-order valence-electron chi connectivity index (χ0n) is 18.4. The molecule has 1 aliphatic rings. The van der Waals surface area contributed by atoms with Crippen LogP contribution >= 0.6 is 11.6 Å². The van der Waals surface area contributed by atoms with Crippen molar-refractivity contribution in [2.45, 2.75) is 49.9 Å². The second kappa shape index (κ2) is 8.27. The number of esters is 1. The van der Waals surface area contributed by atoms with Gasteiger partial charge in [-0.3, -0.25) is 4.79 Å². The highest BCUT2D eigenvalue weighted by molar-refractivity contribution is 7.94. The SMILES string of the molecule is CC(C)(C)OC(=O)COc1ccc(Cl)cc1C#Cc1ccc2c(c1)S(=O)(=O)C(C)(C)C2=O. The lowest BCUT2D eigenvalue weighted by Crippen LogP contribution is -2.33. The Morgan fingerprint density at radius 2 is 1.78 bits per heavy atom. The van der Waals surface area contributed by atoms with E-state index >= 15 is 0 Å². The summed E-state index contributed by atoms with van der Waals surface area (Å²) in [5, 5.41) is 0.419. The summed E-state index contributed by atoms with van der Waals surface area (Å²) in [7, 11) is -3.80. The number of hydrogen-bond acceptors (Lipinski definition) is 6. The fourth-order valence-electron chi connectivity index (χ4n) is 3.10. The van der Waals surface area contributed by atoms with Gasteiger partial charge in [0.15, 0.2) is 22.2 Å². The average molecular weight is 475 g/mol. The Morgan fingerprint density at radius 1 is 1.09 bits per heavy atom. The van der Waals surface area contributed by atoms with Crippen molar-refractivity contribution in [2.75, 3.05) is 6.61 Å². The van der Waals surface area contributed by atoms with E-state index in [0.29, 0.717) is 21.9 Å². The van der Waals surface area contributed by atoms with E-state index in [0.717, 1.165) is 0 Å². The first kappa shape index (κ1) is 23.8. The van der Waals surface area contributed by atoms with Crippen molar-refractivity contribution in [3.63, 3.8) is 0 Å². The van der Waals surface area contributed by atoms with Crippen LogP contribution in [0.4, 0.5) is 0 Å². The van der Waals surface area contributed by atoms with E-state index < -0.39 is 31.9 Å². The Morgan fingerprint density at radius 3 is 2.44 bits per heavy atom. The summed E-state index contributed by atoms with van der Waals surface area (Å²) in [6.07, 6.45) is 0. The van der Waals surface area contributed by atoms with E-state index in [4.69, 9.17) is 21.1 Å². The summed E-state index contributed by atoms with van der Waals surface area (Å²) in [5.41, 5.74) is 0.369. The molecule has 0 N–H and O–H groups in total. The van der Waals surface area contributed by atoms with Crippen molar-refractivity contribution in [1.82, 2.24) is 0 Å². The fraction of sp³-hybridized carbons (Fsp3) is 0.333. The molecule has 2 aromatic carbocycles. The zero-order chi connectivity index (χ0) is 23.9. The summed E-state index contributed by atoms with van der Waals surface area (Å²) in [6.45, 7) is 7.77. The number of hydrogen-bond donors (Lipinski definition) is 0. The highest BCUT2D eigenvalue weighted by Crippen LogP contribution is 2.39. The minimum atomic E-state index is -3.80. The van der Waals surface area contributed by atoms with Crippen LogP contribution in [0.25, 0.3) is 0 Å². The van der Waals surface area contributed by atoms with Crippen LogP contribution in [-0.2, 0) is 19.4 Å². The van der Waals surface area contributed by atoms with Gasteiger partial charge in [0.1, 0.15) is 16.1 Å². The Kier molecular flexibility index (Phi) is 6.16. The van der Waals surface area contributed by atoms with E-state index in [-0.39, 0.29) is 17.1 Å². The smallest absolute Gasteiger partial charge is 0.344 e. The Balaban J connectivity index is 1.89. The quantitative estimate of drug-likeness (QED) is 0.489. The van der Waals surface area contributed by atoms with Crippen LogP contribution in [0.15, 0.2) is 41.3 Å². The molecule has 0 spiro atoms. The van der Waals surface area contributed by atoms with Gasteiger partial charge in [-0.2, -0.15) is 0 Å². The normalized spacial score (nSPS) is 16.0. The molecule has 3 rings (SSSR count). The first-order valence-corrected chi connectivity index (χ1v) is 11.7. The summed E-state index contributed by atoms with van der Waals surface area (Å²) < 4.78 is 34.8. The molecular weight excluding hydrogens is 452 g/mol. The molecule has 0 atom stereocenters. The second-order valence-corrected chi connectivity index (χ2v) is 11.7. The predicted octanol–water partition coefficient (Wildman–Crippen LogP) is 4.21. The van der Waals surface area contributed by atoms with Crippen LogP contribution in [-0.4, -0.2) is 37.1 Å². The first-order valence-electron chi connectivity index (χ1n) is 9.82. The number of carbonyl (C=O) groups is 2. The standard InChI is InChI=1S/C24H23ClO6S/c1-23(2,3)31-21(26)14-30-19-11-9-17(25)13-16(19)8-6-15-7-10-18-20(12-15)32(28,29)24(4,5)22(18)27/h7,9-13H,14H2,1-5H3. The minimum Gasteiger partial charge on any atom is -0.481 e. The molecule has 6 nitrogen and oxygen atoms in total. The Hall–Kier alpha value is -2.82. The van der Waals surface area contributed by atoms with E-state index in [9.17, 15) is 18.0 Å². The molecule has 0 saturated heterocycles. The van der Waals surface area contributed by atoms with Gasteiger partial charge in [0.2, 0.25) is 0 Å². The third-order valence-electron chi connectivity index (χ3n) is 4.78. The number of fused-ring (bicyclic) bond motifs is 1. The van der Waals surface area contributed by atoms with Crippen molar-refractivity contribution >= 4 is 33.2 Å². The van der Waals surface area contributed by atoms with Gasteiger partial charge in [-0.1, -0.05) is 23.4 Å². The summed E-state index contributed by atoms with van der Waals surface area (Å²) >= 11 is 6.08. The highest BCUT2D eigenvalue weighted by Gasteiger charge is 2.51. The number of halogens is 1. The third-order valence-corrected chi connectivity index (χ3v) is 7.46. The lowest BCUT2D eigenvalue weighted by atomic mass is 10.00. The minimum absolute atomic E-state index is 0.0215. The monoisotopic (exact) mass is 474 g/mol. The Labute approximate surface area is 192 Å². The van der Waals surface area contributed by atoms with Crippen LogP contribution in [0.1, 0.15) is 56.1 Å². The molecule has 0 aliphatic carbocycles. The van der Waals surface area contributed by atoms with Crippen molar-refractivity contribution in [2.24, 2.45) is 0 Å². The van der Waals surface area contributed by atoms with Crippen LogP contribution in [0.2, 0.25) is 5.02 Å². The maximum atomic E-state index is 12.7. The number of sulfone groups is 1. The maximum absolute atomic E-state index is 12.7. The van der Waals surface area contributed by atoms with E-state index in [1.807, 2.05) is 0 Å². The first-order chi connectivity index (χ1) is 14.7. The molecule has 0 amide bonds. The van der Waals surface area contributed by atoms with Gasteiger partial charge in [0.25, 0.3) is 0 Å². The molecule has 1 aliphatic heterocycles. The number of Topliss-reactive ketones (excluding diaryl/α,β-unsaturated/α-hetero) is 1. The molecule has 0 unspecified atom stereocenters. The number of ketones is 1. The van der Waals surface area contributed by atoms with Crippen LogP contribution in [0.3, 0.4) is 0 Å². The lowest BCUT2D eigenvalue weighted by Gasteiger charge is -2.19. The van der Waals surface area contributed by atoms with Crippen molar-refractivity contribution in [3.05, 3.63) is 58.1 Å². The molecule has 1 heterocycles. The lowest BCUT2D eigenvalue weighted by molar-refractivity contribution is -0.157. The van der Waals surface area contributed by atoms with Crippen molar-refractivity contribution in [1.29, 1.82) is 0 Å². The van der Waals surface area contributed by atoms with Gasteiger partial charge in [-0.25, -0.2) is 13.2 Å². The van der Waals surface area contributed by atoms with E-state index in [1.165, 1.54) is 26.0 Å². The zero-order valence-corrected chi connectivity index (χ0v) is 20.0. The second-order valence-electron chi connectivity index (χ2n) is 8.82. The molecule has 8 heteroatoms.